The minimum atomic E-state index is -0.194. The molecule has 126 valence electrons. The third-order valence-electron chi connectivity index (χ3n) is 4.67. The molecule has 0 aromatic heterocycles. The Kier molecular flexibility index (Phi) is 5.97. The van der Waals surface area contributed by atoms with E-state index in [2.05, 4.69) is 29.3 Å². The molecule has 2 aliphatic rings. The van der Waals surface area contributed by atoms with Gasteiger partial charge in [0.25, 0.3) is 0 Å². The van der Waals surface area contributed by atoms with Crippen molar-refractivity contribution >= 4 is 17.7 Å². The number of hydrogen-bond donors (Lipinski definition) is 1. The summed E-state index contributed by atoms with van der Waals surface area (Å²) in [7, 11) is 0. The summed E-state index contributed by atoms with van der Waals surface area (Å²) in [5, 5.41) is 3.21. The Morgan fingerprint density at radius 2 is 2.04 bits per heavy atom. The Morgan fingerprint density at radius 1 is 1.30 bits per heavy atom. The van der Waals surface area contributed by atoms with Gasteiger partial charge in [-0.2, -0.15) is 11.8 Å². The van der Waals surface area contributed by atoms with Crippen LogP contribution in [0.15, 0.2) is 30.3 Å². The molecule has 1 N–H and O–H groups in total. The van der Waals surface area contributed by atoms with E-state index in [0.29, 0.717) is 0 Å². The van der Waals surface area contributed by atoms with Crippen LogP contribution in [0.2, 0.25) is 0 Å². The van der Waals surface area contributed by atoms with E-state index in [0.717, 1.165) is 49.6 Å². The summed E-state index contributed by atoms with van der Waals surface area (Å²) >= 11 is 1.96. The van der Waals surface area contributed by atoms with E-state index in [4.69, 9.17) is 4.74 Å². The molecule has 3 atom stereocenters. The fourth-order valence-electron chi connectivity index (χ4n) is 3.39. The number of ether oxygens (including phenoxy) is 1. The lowest BCUT2D eigenvalue weighted by atomic mass is 10.0. The number of nitrogens with one attached hydrogen (secondary N) is 1. The van der Waals surface area contributed by atoms with Crippen LogP contribution in [-0.4, -0.2) is 54.2 Å². The molecule has 2 saturated heterocycles. The number of benzene rings is 1. The third kappa shape index (κ3) is 4.28. The molecule has 2 aliphatic heterocycles. The Hall–Kier alpha value is -1.04. The molecular formula is C18H26N2O2S. The highest BCUT2D eigenvalue weighted by Crippen LogP contribution is 2.25. The maximum Gasteiger partial charge on any atom is 0.242 e. The summed E-state index contributed by atoms with van der Waals surface area (Å²) in [4.78, 5) is 15.3. The smallest absolute Gasteiger partial charge is 0.242 e. The van der Waals surface area contributed by atoms with Crippen molar-refractivity contribution in [3.8, 4) is 0 Å². The minimum absolute atomic E-state index is 0.0652. The highest BCUT2D eigenvalue weighted by Gasteiger charge is 2.31. The van der Waals surface area contributed by atoms with E-state index in [1.807, 2.05) is 30.0 Å². The van der Waals surface area contributed by atoms with Crippen LogP contribution in [0, 0.1) is 0 Å². The lowest BCUT2D eigenvalue weighted by molar-refractivity contribution is -0.128. The Morgan fingerprint density at radius 3 is 2.70 bits per heavy atom. The number of hydrogen-bond acceptors (Lipinski definition) is 4. The van der Waals surface area contributed by atoms with Gasteiger partial charge < -0.3 is 10.1 Å². The first kappa shape index (κ1) is 16.8. The van der Waals surface area contributed by atoms with Gasteiger partial charge in [0.2, 0.25) is 5.91 Å². The summed E-state index contributed by atoms with van der Waals surface area (Å²) in [5.41, 5.74) is 1.08. The van der Waals surface area contributed by atoms with Gasteiger partial charge in [-0.3, -0.25) is 9.69 Å². The summed E-state index contributed by atoms with van der Waals surface area (Å²) in [6, 6.07) is 10.0. The van der Waals surface area contributed by atoms with Gasteiger partial charge >= 0.3 is 0 Å². The van der Waals surface area contributed by atoms with Gasteiger partial charge in [0.15, 0.2) is 0 Å². The summed E-state index contributed by atoms with van der Waals surface area (Å²) < 4.78 is 5.71. The summed E-state index contributed by atoms with van der Waals surface area (Å²) in [5.74, 6) is 2.29. The molecule has 5 heteroatoms. The van der Waals surface area contributed by atoms with Crippen LogP contribution in [0.5, 0.6) is 0 Å². The predicted octanol–water partition coefficient (Wildman–Crippen LogP) is 2.46. The van der Waals surface area contributed by atoms with E-state index in [9.17, 15) is 4.79 Å². The molecule has 2 fully saturated rings. The molecule has 0 radical (unpaired) electrons. The van der Waals surface area contributed by atoms with Gasteiger partial charge in [0.1, 0.15) is 6.04 Å². The molecule has 1 aromatic rings. The molecule has 3 rings (SSSR count). The molecule has 2 heterocycles. The minimum Gasteiger partial charge on any atom is -0.376 e. The van der Waals surface area contributed by atoms with Crippen molar-refractivity contribution in [3.63, 3.8) is 0 Å². The van der Waals surface area contributed by atoms with E-state index in [1.165, 1.54) is 0 Å². The highest BCUT2D eigenvalue weighted by atomic mass is 32.2. The zero-order chi connectivity index (χ0) is 16.1. The molecule has 0 bridgehead atoms. The Labute approximate surface area is 143 Å². The lowest BCUT2D eigenvalue weighted by Crippen LogP contribution is -2.49. The van der Waals surface area contributed by atoms with Gasteiger partial charge in [-0.05, 0) is 25.3 Å². The van der Waals surface area contributed by atoms with Crippen LogP contribution in [0.3, 0.4) is 0 Å². The van der Waals surface area contributed by atoms with Crippen molar-refractivity contribution in [1.82, 2.24) is 10.2 Å². The van der Waals surface area contributed by atoms with Crippen LogP contribution >= 0.6 is 11.8 Å². The zero-order valence-corrected chi connectivity index (χ0v) is 14.6. The zero-order valence-electron chi connectivity index (χ0n) is 13.7. The molecule has 0 unspecified atom stereocenters. The van der Waals surface area contributed by atoms with Crippen LogP contribution in [0.25, 0.3) is 0 Å². The Bertz CT molecular complexity index is 499. The van der Waals surface area contributed by atoms with Crippen molar-refractivity contribution in [2.24, 2.45) is 0 Å². The molecule has 0 saturated carbocycles. The standard InChI is InChI=1S/C18H26N2O2S/c1-14(16-8-5-11-22-16)19-18(21)17(15-6-3-2-4-7-15)20-9-12-23-13-10-20/h2-4,6-7,14,16-17H,5,8-13H2,1H3,(H,19,21)/t14-,16-,17-/m0/s1. The number of thioether (sulfide) groups is 1. The first-order valence-corrected chi connectivity index (χ1v) is 9.70. The quantitative estimate of drug-likeness (QED) is 0.898. The monoisotopic (exact) mass is 334 g/mol. The van der Waals surface area contributed by atoms with Crippen molar-refractivity contribution in [3.05, 3.63) is 35.9 Å². The summed E-state index contributed by atoms with van der Waals surface area (Å²) in [6.45, 7) is 4.80. The number of nitrogens with zero attached hydrogens (tertiary/aromatic N) is 1. The van der Waals surface area contributed by atoms with Crippen molar-refractivity contribution in [1.29, 1.82) is 0 Å². The van der Waals surface area contributed by atoms with Crippen LogP contribution in [0.4, 0.5) is 0 Å². The summed E-state index contributed by atoms with van der Waals surface area (Å²) in [6.07, 6.45) is 2.29. The first-order valence-electron chi connectivity index (χ1n) is 8.54. The Balaban J connectivity index is 1.72. The van der Waals surface area contributed by atoms with Crippen LogP contribution in [0.1, 0.15) is 31.4 Å². The maximum absolute atomic E-state index is 13.0. The number of amides is 1. The second-order valence-corrected chi connectivity index (χ2v) is 7.54. The molecule has 0 spiro atoms. The average Bonchev–Trinajstić information content (AvgIpc) is 3.12. The fraction of sp³-hybridized carbons (Fsp3) is 0.611. The molecular weight excluding hydrogens is 308 g/mol. The normalized spacial score (nSPS) is 25.0. The van der Waals surface area contributed by atoms with Crippen LogP contribution < -0.4 is 5.32 Å². The molecule has 23 heavy (non-hydrogen) atoms. The largest absolute Gasteiger partial charge is 0.376 e. The second kappa shape index (κ2) is 8.18. The van der Waals surface area contributed by atoms with E-state index >= 15 is 0 Å². The van der Waals surface area contributed by atoms with E-state index < -0.39 is 0 Å². The lowest BCUT2D eigenvalue weighted by Gasteiger charge is -2.34. The van der Waals surface area contributed by atoms with Gasteiger partial charge in [-0.25, -0.2) is 0 Å². The van der Waals surface area contributed by atoms with Crippen molar-refractivity contribution in [2.45, 2.75) is 38.0 Å². The highest BCUT2D eigenvalue weighted by molar-refractivity contribution is 7.99. The van der Waals surface area contributed by atoms with Crippen molar-refractivity contribution in [2.75, 3.05) is 31.2 Å². The SMILES string of the molecule is C[C@H](NC(=O)[C@H](c1ccccc1)N1CCSCC1)[C@@H]1CCCO1. The first-order chi connectivity index (χ1) is 11.3. The predicted molar refractivity (Wildman–Crippen MR) is 94.7 cm³/mol. The molecule has 1 aromatic carbocycles. The van der Waals surface area contributed by atoms with Gasteiger partial charge in [0, 0.05) is 31.2 Å². The molecule has 1 amide bonds. The van der Waals surface area contributed by atoms with Crippen LogP contribution in [-0.2, 0) is 9.53 Å². The number of rotatable bonds is 5. The van der Waals surface area contributed by atoms with Gasteiger partial charge in [0.05, 0.1) is 12.1 Å². The van der Waals surface area contributed by atoms with Gasteiger partial charge in [-0.15, -0.1) is 0 Å². The van der Waals surface area contributed by atoms with Crippen molar-refractivity contribution < 1.29 is 9.53 Å². The average molecular weight is 334 g/mol. The van der Waals surface area contributed by atoms with Gasteiger partial charge in [-0.1, -0.05) is 30.3 Å². The molecule has 0 aliphatic carbocycles. The second-order valence-electron chi connectivity index (χ2n) is 6.31. The fourth-order valence-corrected chi connectivity index (χ4v) is 4.32. The van der Waals surface area contributed by atoms with E-state index in [-0.39, 0.29) is 24.1 Å². The molecule has 4 nitrogen and oxygen atoms in total. The number of carbonyl (C=O) groups excluding carboxylic acids is 1. The number of carbonyl (C=O) groups is 1. The third-order valence-corrected chi connectivity index (χ3v) is 5.61. The van der Waals surface area contributed by atoms with E-state index in [1.54, 1.807) is 0 Å². The maximum atomic E-state index is 13.0. The topological polar surface area (TPSA) is 41.6 Å².